The molecule has 0 radical (unpaired) electrons. The number of carbonyl (C=O) groups is 4. The molecule has 0 fully saturated rings. The SMILES string of the molecule is CCCCCCCCCCCCCCCCCCCCCCCCC(=O)O[C@H](COC(=O)CCCCCCCCCCCCC(C)C)COP(=O)(O)OC[C@@H](O)COP(=O)(O)OC[C@@H](COC(=O)CCCCCCCCCCCCCC)OC(=O)CCCCCCCCCCC(C)CC. The summed E-state index contributed by atoms with van der Waals surface area (Å²) in [5.41, 5.74) is 0. The summed E-state index contributed by atoms with van der Waals surface area (Å²) in [5, 5.41) is 10.6. The smallest absolute Gasteiger partial charge is 0.462 e. The molecule has 3 N–H and O–H groups in total. The number of phosphoric acid groups is 2. The first-order valence-corrected chi connectivity index (χ1v) is 44.5. The monoisotopic (exact) mass is 1450 g/mol. The van der Waals surface area contributed by atoms with E-state index in [1.54, 1.807) is 0 Å². The highest BCUT2D eigenvalue weighted by atomic mass is 31.2. The van der Waals surface area contributed by atoms with E-state index in [9.17, 15) is 43.2 Å². The lowest BCUT2D eigenvalue weighted by molar-refractivity contribution is -0.161. The maximum absolute atomic E-state index is 13.1. The van der Waals surface area contributed by atoms with E-state index < -0.39 is 97.5 Å². The van der Waals surface area contributed by atoms with Crippen molar-refractivity contribution >= 4 is 39.5 Å². The molecule has 0 saturated carbocycles. The first kappa shape index (κ1) is 97.1. The highest BCUT2D eigenvalue weighted by Gasteiger charge is 2.30. The van der Waals surface area contributed by atoms with Crippen molar-refractivity contribution in [1.29, 1.82) is 0 Å². The van der Waals surface area contributed by atoms with Crippen LogP contribution in [0.3, 0.4) is 0 Å². The Kier molecular flexibility index (Phi) is 70.3. The second kappa shape index (κ2) is 71.7. The van der Waals surface area contributed by atoms with Gasteiger partial charge in [0.2, 0.25) is 0 Å². The number of carbonyl (C=O) groups excluding carboxylic acids is 4. The second-order valence-electron chi connectivity index (χ2n) is 29.5. The lowest BCUT2D eigenvalue weighted by Gasteiger charge is -2.21. The summed E-state index contributed by atoms with van der Waals surface area (Å²) in [6.07, 6.45) is 61.1. The predicted octanol–water partition coefficient (Wildman–Crippen LogP) is 23.9. The van der Waals surface area contributed by atoms with Gasteiger partial charge in [0.1, 0.15) is 19.3 Å². The Morgan fingerprint density at radius 3 is 0.768 bits per heavy atom. The number of rotatable bonds is 79. The van der Waals surface area contributed by atoms with Gasteiger partial charge in [-0.1, -0.05) is 369 Å². The average molecular weight is 1450 g/mol. The number of esters is 4. The summed E-state index contributed by atoms with van der Waals surface area (Å²) in [4.78, 5) is 73.0. The molecule has 3 unspecified atom stereocenters. The van der Waals surface area contributed by atoms with Crippen molar-refractivity contribution in [1.82, 2.24) is 0 Å². The molecule has 6 atom stereocenters. The summed E-state index contributed by atoms with van der Waals surface area (Å²) in [5.74, 6) is -0.584. The number of unbranched alkanes of at least 4 members (excludes halogenated alkanes) is 48. The van der Waals surface area contributed by atoms with Gasteiger partial charge in [0.15, 0.2) is 12.2 Å². The molecule has 19 heteroatoms. The van der Waals surface area contributed by atoms with Crippen molar-refractivity contribution in [2.75, 3.05) is 39.6 Å². The fraction of sp³-hybridized carbons (Fsp3) is 0.950. The van der Waals surface area contributed by atoms with Crippen LogP contribution < -0.4 is 0 Å². The van der Waals surface area contributed by atoms with Crippen LogP contribution in [0.15, 0.2) is 0 Å². The van der Waals surface area contributed by atoms with Crippen molar-refractivity contribution in [3.8, 4) is 0 Å². The molecular weight excluding hydrogens is 1290 g/mol. The molecule has 0 aliphatic carbocycles. The van der Waals surface area contributed by atoms with Gasteiger partial charge in [0.05, 0.1) is 26.4 Å². The second-order valence-corrected chi connectivity index (χ2v) is 32.4. The quantitative estimate of drug-likeness (QED) is 0.0222. The Morgan fingerprint density at radius 2 is 0.515 bits per heavy atom. The zero-order valence-electron chi connectivity index (χ0n) is 64.8. The standard InChI is InChI=1S/C80H156O17P2/c1-7-10-12-14-16-18-20-22-23-24-25-26-27-28-29-30-31-33-39-46-52-58-64-79(84)96-75(68-91-78(83)63-57-51-45-38-35-34-36-42-48-54-60-72(4)5)70-94-98(86,87)92-66-74(81)67-93-99(88,89)95-71-76(97-80(85)65-59-53-47-41-40-43-49-55-61-73(6)9-3)69-90-77(82)62-56-50-44-37-32-21-19-17-15-13-11-8-2/h72-76,81H,7-71H2,1-6H3,(H,86,87)(H,88,89)/t73?,74-,75-,76-/m1/s1. The van der Waals surface area contributed by atoms with E-state index in [4.69, 9.17) is 37.0 Å². The average Bonchev–Trinajstić information content (AvgIpc) is 1.25. The van der Waals surface area contributed by atoms with Gasteiger partial charge in [-0.15, -0.1) is 0 Å². The van der Waals surface area contributed by atoms with Gasteiger partial charge in [-0.3, -0.25) is 37.3 Å². The molecule has 0 amide bonds. The van der Waals surface area contributed by atoms with E-state index in [-0.39, 0.29) is 25.7 Å². The Balaban J connectivity index is 5.20. The zero-order chi connectivity index (χ0) is 72.8. The van der Waals surface area contributed by atoms with Crippen molar-refractivity contribution in [2.45, 2.75) is 439 Å². The fourth-order valence-corrected chi connectivity index (χ4v) is 13.9. The Morgan fingerprint density at radius 1 is 0.293 bits per heavy atom. The van der Waals surface area contributed by atoms with Crippen LogP contribution in [-0.2, 0) is 65.4 Å². The molecule has 0 saturated heterocycles. The zero-order valence-corrected chi connectivity index (χ0v) is 66.6. The lowest BCUT2D eigenvalue weighted by Crippen LogP contribution is -2.30. The van der Waals surface area contributed by atoms with Crippen LogP contribution in [0.1, 0.15) is 420 Å². The van der Waals surface area contributed by atoms with Gasteiger partial charge < -0.3 is 33.8 Å². The Bertz CT molecular complexity index is 1910. The summed E-state index contributed by atoms with van der Waals surface area (Å²) >= 11 is 0. The largest absolute Gasteiger partial charge is 0.472 e. The van der Waals surface area contributed by atoms with E-state index in [1.165, 1.54) is 238 Å². The number of aliphatic hydroxyl groups is 1. The third-order valence-corrected chi connectivity index (χ3v) is 21.0. The molecular formula is C80H156O17P2. The van der Waals surface area contributed by atoms with Crippen molar-refractivity contribution < 1.29 is 80.2 Å². The first-order valence-electron chi connectivity index (χ1n) is 41.5. The molecule has 0 aliphatic heterocycles. The van der Waals surface area contributed by atoms with Crippen LogP contribution in [0, 0.1) is 11.8 Å². The molecule has 0 aromatic heterocycles. The Hall–Kier alpha value is -1.94. The van der Waals surface area contributed by atoms with Gasteiger partial charge in [0, 0.05) is 25.7 Å². The number of hydrogen-bond acceptors (Lipinski definition) is 15. The van der Waals surface area contributed by atoms with E-state index in [0.29, 0.717) is 25.7 Å². The van der Waals surface area contributed by atoms with Crippen LogP contribution in [0.5, 0.6) is 0 Å². The van der Waals surface area contributed by atoms with Crippen LogP contribution in [0.25, 0.3) is 0 Å². The van der Waals surface area contributed by atoms with Gasteiger partial charge >= 0.3 is 39.5 Å². The van der Waals surface area contributed by atoms with Crippen molar-refractivity contribution in [3.63, 3.8) is 0 Å². The molecule has 0 aromatic rings. The Labute approximate surface area is 607 Å². The van der Waals surface area contributed by atoms with Crippen molar-refractivity contribution in [3.05, 3.63) is 0 Å². The van der Waals surface area contributed by atoms with Gasteiger partial charge in [-0.2, -0.15) is 0 Å². The topological polar surface area (TPSA) is 237 Å². The normalized spacial score (nSPS) is 14.2. The van der Waals surface area contributed by atoms with Gasteiger partial charge in [-0.05, 0) is 37.5 Å². The highest BCUT2D eigenvalue weighted by Crippen LogP contribution is 2.45. The predicted molar refractivity (Wildman–Crippen MR) is 405 cm³/mol. The van der Waals surface area contributed by atoms with E-state index in [0.717, 1.165) is 102 Å². The fourth-order valence-electron chi connectivity index (χ4n) is 12.3. The van der Waals surface area contributed by atoms with Crippen molar-refractivity contribution in [2.24, 2.45) is 11.8 Å². The molecule has 0 aromatic carbocycles. The van der Waals surface area contributed by atoms with Crippen LogP contribution in [-0.4, -0.2) is 96.7 Å². The molecule has 0 rings (SSSR count). The summed E-state index contributed by atoms with van der Waals surface area (Å²) in [6, 6.07) is 0. The number of hydrogen-bond donors (Lipinski definition) is 3. The van der Waals surface area contributed by atoms with Crippen LogP contribution in [0.4, 0.5) is 0 Å². The summed E-state index contributed by atoms with van der Waals surface area (Å²) in [6.45, 7) is 9.61. The van der Waals surface area contributed by atoms with E-state index in [2.05, 4.69) is 41.5 Å². The van der Waals surface area contributed by atoms with Crippen LogP contribution in [0.2, 0.25) is 0 Å². The summed E-state index contributed by atoms with van der Waals surface area (Å²) < 4.78 is 68.7. The maximum Gasteiger partial charge on any atom is 0.472 e. The first-order chi connectivity index (χ1) is 47.9. The maximum atomic E-state index is 13.1. The molecule has 0 heterocycles. The molecule has 0 aliphatic rings. The molecule has 0 bridgehead atoms. The van der Waals surface area contributed by atoms with Gasteiger partial charge in [0.25, 0.3) is 0 Å². The third-order valence-electron chi connectivity index (χ3n) is 19.1. The number of aliphatic hydroxyl groups excluding tert-OH is 1. The third kappa shape index (κ3) is 72.8. The van der Waals surface area contributed by atoms with E-state index >= 15 is 0 Å². The minimum absolute atomic E-state index is 0.105. The summed E-state index contributed by atoms with van der Waals surface area (Å²) in [7, 11) is -9.92. The minimum Gasteiger partial charge on any atom is -0.462 e. The molecule has 0 spiro atoms. The highest BCUT2D eigenvalue weighted by molar-refractivity contribution is 7.47. The van der Waals surface area contributed by atoms with E-state index in [1.807, 2.05) is 0 Å². The minimum atomic E-state index is -4.96. The lowest BCUT2D eigenvalue weighted by atomic mass is 9.99. The van der Waals surface area contributed by atoms with Crippen LogP contribution >= 0.6 is 15.6 Å². The van der Waals surface area contributed by atoms with Gasteiger partial charge in [-0.25, -0.2) is 9.13 Å². The number of phosphoric ester groups is 2. The molecule has 17 nitrogen and oxygen atoms in total. The molecule has 588 valence electrons. The number of ether oxygens (including phenoxy) is 4. The molecule has 99 heavy (non-hydrogen) atoms.